The summed E-state index contributed by atoms with van der Waals surface area (Å²) in [7, 11) is 1.28. The molecule has 0 saturated heterocycles. The van der Waals surface area contributed by atoms with E-state index in [2.05, 4.69) is 9.72 Å². The van der Waals surface area contributed by atoms with Gasteiger partial charge in [-0.15, -0.1) is 0 Å². The summed E-state index contributed by atoms with van der Waals surface area (Å²) >= 11 is 0. The van der Waals surface area contributed by atoms with Gasteiger partial charge in [-0.3, -0.25) is 0 Å². The fourth-order valence-corrected chi connectivity index (χ4v) is 2.47. The van der Waals surface area contributed by atoms with Crippen LogP contribution in [0.25, 0.3) is 11.5 Å². The molecule has 2 aromatic carbocycles. The Morgan fingerprint density at radius 1 is 1.14 bits per heavy atom. The van der Waals surface area contributed by atoms with E-state index < -0.39 is 12.6 Å². The zero-order valence-corrected chi connectivity index (χ0v) is 15.1. The van der Waals surface area contributed by atoms with E-state index in [1.165, 1.54) is 25.3 Å². The van der Waals surface area contributed by atoms with Crippen molar-refractivity contribution in [3.63, 3.8) is 0 Å². The molecule has 28 heavy (non-hydrogen) atoms. The Hall–Kier alpha value is -3.42. The number of carbonyl (C=O) groups excluding carboxylic acids is 1. The lowest BCUT2D eigenvalue weighted by Crippen LogP contribution is -2.08. The molecular formula is C20H17F2NO5. The molecule has 1 aromatic heterocycles. The Morgan fingerprint density at radius 2 is 1.89 bits per heavy atom. The van der Waals surface area contributed by atoms with Crippen molar-refractivity contribution in [2.75, 3.05) is 7.11 Å². The first kappa shape index (κ1) is 19.3. The lowest BCUT2D eigenvalue weighted by atomic mass is 10.2. The summed E-state index contributed by atoms with van der Waals surface area (Å²) in [6.45, 7) is -1.37. The Balaban J connectivity index is 1.70. The largest absolute Gasteiger partial charge is 0.493 e. The molecule has 0 saturated carbocycles. The minimum atomic E-state index is -3.00. The molecule has 0 aliphatic heterocycles. The van der Waals surface area contributed by atoms with E-state index in [-0.39, 0.29) is 23.7 Å². The van der Waals surface area contributed by atoms with Crippen LogP contribution in [0.3, 0.4) is 0 Å². The third-order valence-corrected chi connectivity index (χ3v) is 3.87. The van der Waals surface area contributed by atoms with Crippen molar-refractivity contribution in [2.45, 2.75) is 20.1 Å². The van der Waals surface area contributed by atoms with Gasteiger partial charge in [-0.2, -0.15) is 8.78 Å². The molecule has 8 heteroatoms. The molecule has 0 aliphatic rings. The van der Waals surface area contributed by atoms with Gasteiger partial charge in [0.15, 0.2) is 11.5 Å². The van der Waals surface area contributed by atoms with Crippen LogP contribution < -0.4 is 9.47 Å². The zero-order valence-electron chi connectivity index (χ0n) is 15.1. The molecule has 0 N–H and O–H groups in total. The van der Waals surface area contributed by atoms with Gasteiger partial charge in [0, 0.05) is 5.56 Å². The molecule has 3 rings (SSSR count). The summed E-state index contributed by atoms with van der Waals surface area (Å²) in [6.07, 6.45) is 0. The van der Waals surface area contributed by atoms with E-state index in [1.54, 1.807) is 6.92 Å². The Kier molecular flexibility index (Phi) is 5.88. The van der Waals surface area contributed by atoms with Gasteiger partial charge in [-0.05, 0) is 37.3 Å². The normalized spacial score (nSPS) is 10.8. The number of ether oxygens (including phenoxy) is 3. The molecule has 0 radical (unpaired) electrons. The smallest absolute Gasteiger partial charge is 0.387 e. The summed E-state index contributed by atoms with van der Waals surface area (Å²) in [4.78, 5) is 16.6. The van der Waals surface area contributed by atoms with E-state index in [4.69, 9.17) is 13.9 Å². The molecular weight excluding hydrogens is 372 g/mol. The summed E-state index contributed by atoms with van der Waals surface area (Å²) in [5.74, 6) is 0.127. The van der Waals surface area contributed by atoms with Crippen LogP contribution in [-0.4, -0.2) is 24.7 Å². The number of nitrogens with zero attached hydrogens (tertiary/aromatic N) is 1. The second-order valence-electron chi connectivity index (χ2n) is 5.71. The van der Waals surface area contributed by atoms with E-state index in [0.29, 0.717) is 17.3 Å². The number of aryl methyl sites for hydroxylation is 1. The second kappa shape index (κ2) is 8.51. The number of aromatic nitrogens is 1. The Bertz CT molecular complexity index is 956. The lowest BCUT2D eigenvalue weighted by molar-refractivity contribution is -0.0512. The SMILES string of the molecule is COc1cc(C(=O)OCc2nc(-c3ccccc3)oc2C)ccc1OC(F)F. The number of hydrogen-bond acceptors (Lipinski definition) is 6. The Morgan fingerprint density at radius 3 is 2.57 bits per heavy atom. The second-order valence-corrected chi connectivity index (χ2v) is 5.71. The van der Waals surface area contributed by atoms with Crippen LogP contribution in [0.5, 0.6) is 11.5 Å². The molecule has 0 fully saturated rings. The van der Waals surface area contributed by atoms with E-state index in [9.17, 15) is 13.6 Å². The van der Waals surface area contributed by atoms with Crippen molar-refractivity contribution in [3.8, 4) is 23.0 Å². The third kappa shape index (κ3) is 4.46. The lowest BCUT2D eigenvalue weighted by Gasteiger charge is -2.11. The molecule has 0 aliphatic carbocycles. The van der Waals surface area contributed by atoms with Crippen LogP contribution in [0.4, 0.5) is 8.78 Å². The Labute approximate surface area is 159 Å². The quantitative estimate of drug-likeness (QED) is 0.549. The van der Waals surface area contributed by atoms with Gasteiger partial charge in [0.25, 0.3) is 0 Å². The van der Waals surface area contributed by atoms with Gasteiger partial charge < -0.3 is 18.6 Å². The minimum Gasteiger partial charge on any atom is -0.493 e. The molecule has 0 atom stereocenters. The van der Waals surface area contributed by atoms with E-state index in [1.807, 2.05) is 30.3 Å². The molecule has 1 heterocycles. The highest BCUT2D eigenvalue weighted by atomic mass is 19.3. The average Bonchev–Trinajstić information content (AvgIpc) is 3.07. The van der Waals surface area contributed by atoms with Crippen LogP contribution in [0.1, 0.15) is 21.8 Å². The maximum atomic E-state index is 12.4. The van der Waals surface area contributed by atoms with Crippen molar-refractivity contribution in [1.82, 2.24) is 4.98 Å². The van der Waals surface area contributed by atoms with Crippen LogP contribution >= 0.6 is 0 Å². The van der Waals surface area contributed by atoms with E-state index in [0.717, 1.165) is 5.56 Å². The summed E-state index contributed by atoms with van der Waals surface area (Å²) in [6, 6.07) is 13.1. The number of benzene rings is 2. The summed E-state index contributed by atoms with van der Waals surface area (Å²) in [5.41, 5.74) is 1.42. The van der Waals surface area contributed by atoms with Gasteiger partial charge in [0.2, 0.25) is 5.89 Å². The number of carbonyl (C=O) groups is 1. The first-order chi connectivity index (χ1) is 13.5. The number of methoxy groups -OCH3 is 1. The van der Waals surface area contributed by atoms with Gasteiger partial charge in [-0.25, -0.2) is 9.78 Å². The van der Waals surface area contributed by atoms with Gasteiger partial charge in [0.05, 0.1) is 12.7 Å². The highest BCUT2D eigenvalue weighted by Gasteiger charge is 2.17. The van der Waals surface area contributed by atoms with Crippen molar-refractivity contribution in [3.05, 3.63) is 65.5 Å². The van der Waals surface area contributed by atoms with Crippen molar-refractivity contribution in [1.29, 1.82) is 0 Å². The average molecular weight is 389 g/mol. The summed E-state index contributed by atoms with van der Waals surface area (Å²) < 4.78 is 44.9. The van der Waals surface area contributed by atoms with Crippen molar-refractivity contribution < 1.29 is 32.2 Å². The molecule has 146 valence electrons. The van der Waals surface area contributed by atoms with Crippen LogP contribution in [0, 0.1) is 6.92 Å². The molecule has 0 bridgehead atoms. The van der Waals surface area contributed by atoms with Crippen molar-refractivity contribution in [2.24, 2.45) is 0 Å². The maximum absolute atomic E-state index is 12.4. The van der Waals surface area contributed by atoms with Gasteiger partial charge >= 0.3 is 12.6 Å². The predicted molar refractivity (Wildman–Crippen MR) is 95.4 cm³/mol. The minimum absolute atomic E-state index is 0.00118. The predicted octanol–water partition coefficient (Wildman–Crippen LogP) is 4.62. The first-order valence-corrected chi connectivity index (χ1v) is 8.29. The maximum Gasteiger partial charge on any atom is 0.387 e. The summed E-state index contributed by atoms with van der Waals surface area (Å²) in [5, 5.41) is 0. The highest BCUT2D eigenvalue weighted by molar-refractivity contribution is 5.90. The molecule has 0 unspecified atom stereocenters. The molecule has 3 aromatic rings. The number of esters is 1. The molecule has 0 amide bonds. The first-order valence-electron chi connectivity index (χ1n) is 8.29. The number of hydrogen-bond donors (Lipinski definition) is 0. The number of halogens is 2. The third-order valence-electron chi connectivity index (χ3n) is 3.87. The monoisotopic (exact) mass is 389 g/mol. The van der Waals surface area contributed by atoms with Gasteiger partial charge in [-0.1, -0.05) is 18.2 Å². The highest BCUT2D eigenvalue weighted by Crippen LogP contribution is 2.30. The van der Waals surface area contributed by atoms with Gasteiger partial charge in [0.1, 0.15) is 18.1 Å². The van der Waals surface area contributed by atoms with Crippen molar-refractivity contribution >= 4 is 5.97 Å². The van der Waals surface area contributed by atoms with Crippen LogP contribution in [0.2, 0.25) is 0 Å². The molecule has 0 spiro atoms. The van der Waals surface area contributed by atoms with E-state index >= 15 is 0 Å². The van der Waals surface area contributed by atoms with Crippen LogP contribution in [0.15, 0.2) is 52.9 Å². The standard InChI is InChI=1S/C20H17F2NO5/c1-12-15(23-18(27-12)13-6-4-3-5-7-13)11-26-19(24)14-8-9-16(28-20(21)22)17(10-14)25-2/h3-10,20H,11H2,1-2H3. The number of alkyl halides is 2. The number of rotatable bonds is 7. The zero-order chi connectivity index (χ0) is 20.1. The van der Waals surface area contributed by atoms with Crippen LogP contribution in [-0.2, 0) is 11.3 Å². The fourth-order valence-electron chi connectivity index (χ4n) is 2.47. The fraction of sp³-hybridized carbons (Fsp3) is 0.200. The molecule has 6 nitrogen and oxygen atoms in total. The topological polar surface area (TPSA) is 70.8 Å². The number of oxazole rings is 1.